The molecule has 3 heterocycles. The summed E-state index contributed by atoms with van der Waals surface area (Å²) >= 11 is 0. The van der Waals surface area contributed by atoms with Crippen LogP contribution in [-0.4, -0.2) is 34.8 Å². The van der Waals surface area contributed by atoms with Crippen molar-refractivity contribution in [1.29, 1.82) is 0 Å². The number of anilines is 2. The monoisotopic (exact) mass is 404 g/mol. The molecule has 0 radical (unpaired) electrons. The molecule has 0 atom stereocenters. The Labute approximate surface area is 177 Å². The zero-order valence-electron chi connectivity index (χ0n) is 18.8. The zero-order valence-corrected chi connectivity index (χ0v) is 19.8. The maximum absolute atomic E-state index is 2.70. The SMILES string of the molecule is CCc1ccc([Si](C)(C)c2ccc3c4c2CCCN4CCC3)c2c1N(C)CCC2. The Morgan fingerprint density at radius 2 is 1.41 bits per heavy atom. The third-order valence-corrected chi connectivity index (χ3v) is 11.4. The summed E-state index contributed by atoms with van der Waals surface area (Å²) in [4.78, 5) is 5.24. The summed E-state index contributed by atoms with van der Waals surface area (Å²) in [5, 5.41) is 3.41. The van der Waals surface area contributed by atoms with Crippen LogP contribution in [0.5, 0.6) is 0 Å². The fraction of sp³-hybridized carbons (Fsp3) is 0.538. The predicted octanol–water partition coefficient (Wildman–Crippen LogP) is 4.15. The van der Waals surface area contributed by atoms with Gasteiger partial charge in [-0.1, -0.05) is 44.3 Å². The smallest absolute Gasteiger partial charge is 0.113 e. The molecule has 5 rings (SSSR count). The van der Waals surface area contributed by atoms with Crippen molar-refractivity contribution in [3.05, 3.63) is 46.5 Å². The van der Waals surface area contributed by atoms with Crippen molar-refractivity contribution >= 4 is 29.8 Å². The first kappa shape index (κ1) is 19.2. The molecule has 2 aromatic rings. The van der Waals surface area contributed by atoms with Crippen LogP contribution in [-0.2, 0) is 25.7 Å². The van der Waals surface area contributed by atoms with Crippen molar-refractivity contribution in [3.8, 4) is 0 Å². The molecule has 3 aliphatic rings. The van der Waals surface area contributed by atoms with Gasteiger partial charge in [-0.25, -0.2) is 0 Å². The molecule has 0 spiro atoms. The summed E-state index contributed by atoms with van der Waals surface area (Å²) in [5.74, 6) is 0. The molecular weight excluding hydrogens is 368 g/mol. The van der Waals surface area contributed by atoms with E-state index < -0.39 is 8.07 Å². The molecule has 0 aliphatic carbocycles. The Morgan fingerprint density at radius 3 is 2.14 bits per heavy atom. The third kappa shape index (κ3) is 2.96. The molecule has 0 saturated carbocycles. The normalized spacial score (nSPS) is 18.5. The minimum Gasteiger partial charge on any atom is -0.374 e. The van der Waals surface area contributed by atoms with Crippen LogP contribution in [0.25, 0.3) is 0 Å². The van der Waals surface area contributed by atoms with Crippen molar-refractivity contribution in [2.45, 2.75) is 65.0 Å². The van der Waals surface area contributed by atoms with Gasteiger partial charge in [0.25, 0.3) is 0 Å². The first-order chi connectivity index (χ1) is 14.0. The second-order valence-corrected chi connectivity index (χ2v) is 14.2. The molecule has 0 fully saturated rings. The van der Waals surface area contributed by atoms with Crippen molar-refractivity contribution in [2.24, 2.45) is 0 Å². The number of fused-ring (bicyclic) bond motifs is 1. The van der Waals surface area contributed by atoms with Gasteiger partial charge in [-0.2, -0.15) is 0 Å². The Balaban J connectivity index is 1.69. The predicted molar refractivity (Wildman–Crippen MR) is 129 cm³/mol. The van der Waals surface area contributed by atoms with Gasteiger partial charge in [0.15, 0.2) is 0 Å². The Bertz CT molecular complexity index is 897. The van der Waals surface area contributed by atoms with Crippen LogP contribution in [0.2, 0.25) is 13.1 Å². The van der Waals surface area contributed by atoms with E-state index in [2.05, 4.69) is 61.1 Å². The number of nitrogens with zero attached hydrogens (tertiary/aromatic N) is 2. The highest BCUT2D eigenvalue weighted by Gasteiger charge is 2.36. The topological polar surface area (TPSA) is 6.48 Å². The number of benzene rings is 2. The summed E-state index contributed by atoms with van der Waals surface area (Å²) in [7, 11) is 0.528. The van der Waals surface area contributed by atoms with E-state index in [9.17, 15) is 0 Å². The minimum absolute atomic E-state index is 1.13. The van der Waals surface area contributed by atoms with E-state index in [1.165, 1.54) is 63.7 Å². The van der Waals surface area contributed by atoms with Crippen molar-refractivity contribution in [1.82, 2.24) is 0 Å². The molecule has 0 saturated heterocycles. The minimum atomic E-state index is -1.77. The van der Waals surface area contributed by atoms with Gasteiger partial charge in [-0.15, -0.1) is 0 Å². The van der Waals surface area contributed by atoms with E-state index in [1.54, 1.807) is 38.4 Å². The molecule has 0 N–H and O–H groups in total. The highest BCUT2D eigenvalue weighted by atomic mass is 28.3. The van der Waals surface area contributed by atoms with Gasteiger partial charge in [0, 0.05) is 38.1 Å². The summed E-state index contributed by atoms with van der Waals surface area (Å²) in [6.07, 6.45) is 8.88. The molecule has 29 heavy (non-hydrogen) atoms. The Morgan fingerprint density at radius 1 is 0.793 bits per heavy atom. The van der Waals surface area contributed by atoms with E-state index >= 15 is 0 Å². The molecule has 0 aromatic heterocycles. The molecule has 2 aromatic carbocycles. The summed E-state index contributed by atoms with van der Waals surface area (Å²) in [6, 6.07) is 10.00. The zero-order chi connectivity index (χ0) is 20.2. The molecule has 0 amide bonds. The maximum atomic E-state index is 2.70. The summed E-state index contributed by atoms with van der Waals surface area (Å²) in [6.45, 7) is 11.3. The molecule has 0 unspecified atom stereocenters. The van der Waals surface area contributed by atoms with E-state index in [1.807, 2.05) is 0 Å². The molecule has 0 bridgehead atoms. The van der Waals surface area contributed by atoms with E-state index in [-0.39, 0.29) is 0 Å². The third-order valence-electron chi connectivity index (χ3n) is 7.81. The fourth-order valence-electron chi connectivity index (χ4n) is 6.40. The summed E-state index contributed by atoms with van der Waals surface area (Å²) < 4.78 is 0. The highest BCUT2D eigenvalue weighted by molar-refractivity contribution is 7.01. The van der Waals surface area contributed by atoms with E-state index in [0.717, 1.165) is 6.42 Å². The van der Waals surface area contributed by atoms with Gasteiger partial charge in [0.2, 0.25) is 0 Å². The molecule has 3 heteroatoms. The lowest BCUT2D eigenvalue weighted by atomic mass is 9.92. The second-order valence-electron chi connectivity index (χ2n) is 9.90. The first-order valence-corrected chi connectivity index (χ1v) is 14.8. The van der Waals surface area contributed by atoms with Crippen molar-refractivity contribution in [3.63, 3.8) is 0 Å². The van der Waals surface area contributed by atoms with E-state index in [4.69, 9.17) is 0 Å². The van der Waals surface area contributed by atoms with Crippen molar-refractivity contribution in [2.75, 3.05) is 36.5 Å². The van der Waals surface area contributed by atoms with Gasteiger partial charge < -0.3 is 9.80 Å². The van der Waals surface area contributed by atoms with Gasteiger partial charge >= 0.3 is 0 Å². The van der Waals surface area contributed by atoms with Gasteiger partial charge in [-0.05, 0) is 77.6 Å². The number of rotatable bonds is 3. The van der Waals surface area contributed by atoms with E-state index in [0.29, 0.717) is 0 Å². The lowest BCUT2D eigenvalue weighted by Gasteiger charge is -2.41. The van der Waals surface area contributed by atoms with Crippen LogP contribution in [0.4, 0.5) is 11.4 Å². The average molecular weight is 405 g/mol. The van der Waals surface area contributed by atoms with Gasteiger partial charge in [0.1, 0.15) is 8.07 Å². The Kier molecular flexibility index (Phi) is 4.77. The van der Waals surface area contributed by atoms with Crippen LogP contribution < -0.4 is 20.2 Å². The standard InChI is InChI=1S/C26H36N2Si/c1-5-19-12-14-23(21-10-7-16-27(2)25(19)21)29(3,4)24-15-13-20-9-6-17-28-18-8-11-22(24)26(20)28/h12-15H,5-11,16-18H2,1-4H3. The van der Waals surface area contributed by atoms with Crippen LogP contribution in [0.3, 0.4) is 0 Å². The highest BCUT2D eigenvalue weighted by Crippen LogP contribution is 2.36. The fourth-order valence-corrected chi connectivity index (χ4v) is 9.68. The van der Waals surface area contributed by atoms with Gasteiger partial charge in [0.05, 0.1) is 0 Å². The molecule has 154 valence electrons. The lowest BCUT2D eigenvalue weighted by Crippen LogP contribution is -2.57. The molecule has 3 aliphatic heterocycles. The summed E-state index contributed by atoms with van der Waals surface area (Å²) in [5.41, 5.74) is 9.73. The molecular formula is C26H36N2Si. The number of hydrogen-bond acceptors (Lipinski definition) is 2. The van der Waals surface area contributed by atoms with Crippen LogP contribution in [0.1, 0.15) is 48.4 Å². The van der Waals surface area contributed by atoms with Crippen molar-refractivity contribution < 1.29 is 0 Å². The van der Waals surface area contributed by atoms with Crippen LogP contribution >= 0.6 is 0 Å². The van der Waals surface area contributed by atoms with Crippen LogP contribution in [0.15, 0.2) is 24.3 Å². The second kappa shape index (κ2) is 7.19. The number of aryl methyl sites for hydroxylation is 2. The lowest BCUT2D eigenvalue weighted by molar-refractivity contribution is 0.636. The molecule has 2 nitrogen and oxygen atoms in total. The largest absolute Gasteiger partial charge is 0.374 e. The first-order valence-electron chi connectivity index (χ1n) is 11.8. The van der Waals surface area contributed by atoms with Crippen LogP contribution in [0, 0.1) is 0 Å². The Hall–Kier alpha value is -1.74. The quantitative estimate of drug-likeness (QED) is 0.709. The number of hydrogen-bond donors (Lipinski definition) is 0. The van der Waals surface area contributed by atoms with Gasteiger partial charge in [-0.3, -0.25) is 0 Å². The maximum Gasteiger partial charge on any atom is 0.113 e. The average Bonchev–Trinajstić information content (AvgIpc) is 2.73.